The van der Waals surface area contributed by atoms with Gasteiger partial charge in [-0.15, -0.1) is 0 Å². The maximum Gasteiger partial charge on any atom is 0.119 e. The van der Waals surface area contributed by atoms with Crippen LogP contribution < -0.4 is 4.74 Å². The Bertz CT molecular complexity index is 358. The van der Waals surface area contributed by atoms with Crippen LogP contribution in [0.4, 0.5) is 0 Å². The van der Waals surface area contributed by atoms with E-state index in [-0.39, 0.29) is 0 Å². The fourth-order valence-corrected chi connectivity index (χ4v) is 2.65. The van der Waals surface area contributed by atoms with E-state index < -0.39 is 0 Å². The number of hydrogen-bond acceptors (Lipinski definition) is 3. The summed E-state index contributed by atoms with van der Waals surface area (Å²) in [5, 5.41) is 9.07. The maximum atomic E-state index is 9.07. The van der Waals surface area contributed by atoms with Crippen LogP contribution in [0, 0.1) is 5.92 Å². The maximum absolute atomic E-state index is 9.07. The van der Waals surface area contributed by atoms with Crippen molar-refractivity contribution in [1.82, 2.24) is 0 Å². The van der Waals surface area contributed by atoms with Gasteiger partial charge in [-0.05, 0) is 55.9 Å². The zero-order valence-electron chi connectivity index (χ0n) is 11.1. The lowest BCUT2D eigenvalue weighted by Crippen LogP contribution is -2.25. The third-order valence-electron chi connectivity index (χ3n) is 3.57. The molecule has 1 saturated carbocycles. The van der Waals surface area contributed by atoms with Crippen molar-refractivity contribution < 1.29 is 14.6 Å². The van der Waals surface area contributed by atoms with Crippen LogP contribution in [0.5, 0.6) is 5.75 Å². The molecule has 3 nitrogen and oxygen atoms in total. The number of aliphatic hydroxyl groups excluding tert-OH is 1. The minimum absolute atomic E-state index is 0.319. The fourth-order valence-electron chi connectivity index (χ4n) is 2.39. The van der Waals surface area contributed by atoms with Gasteiger partial charge in [0, 0.05) is 11.1 Å². The number of benzene rings is 1. The molecule has 0 aromatic heterocycles. The third-order valence-corrected chi connectivity index (χ3v) is 4.10. The zero-order valence-corrected chi connectivity index (χ0v) is 12.6. The van der Waals surface area contributed by atoms with Gasteiger partial charge >= 0.3 is 0 Å². The normalized spacial score (nSPS) is 23.3. The Labute approximate surface area is 123 Å². The minimum atomic E-state index is 0.319. The van der Waals surface area contributed by atoms with Crippen LogP contribution in [0.15, 0.2) is 28.7 Å². The standard InChI is InChI=1S/C15H21BrO3/c16-13-3-7-15(8-4-13)19-10-9-18-14-5-1-12(11-17)2-6-14/h3-4,7-8,12,14,17H,1-2,5-6,9-11H2. The van der Waals surface area contributed by atoms with Crippen molar-refractivity contribution in [2.24, 2.45) is 5.92 Å². The second-order valence-corrected chi connectivity index (χ2v) is 5.91. The molecule has 0 aliphatic heterocycles. The molecule has 1 N–H and O–H groups in total. The molecule has 0 spiro atoms. The molecule has 1 fully saturated rings. The van der Waals surface area contributed by atoms with Crippen molar-refractivity contribution in [1.29, 1.82) is 0 Å². The predicted octanol–water partition coefficient (Wildman–Crippen LogP) is 3.40. The van der Waals surface area contributed by atoms with Crippen LogP contribution in [0.3, 0.4) is 0 Å². The summed E-state index contributed by atoms with van der Waals surface area (Å²) < 4.78 is 12.5. The molecule has 1 aromatic rings. The van der Waals surface area contributed by atoms with E-state index in [9.17, 15) is 0 Å². The van der Waals surface area contributed by atoms with Gasteiger partial charge in [0.1, 0.15) is 12.4 Å². The lowest BCUT2D eigenvalue weighted by atomic mass is 9.88. The highest BCUT2D eigenvalue weighted by atomic mass is 79.9. The summed E-state index contributed by atoms with van der Waals surface area (Å²) in [6.45, 7) is 1.53. The van der Waals surface area contributed by atoms with E-state index >= 15 is 0 Å². The molecular formula is C15H21BrO3. The Morgan fingerprint density at radius 3 is 2.37 bits per heavy atom. The van der Waals surface area contributed by atoms with Crippen LogP contribution in [0.2, 0.25) is 0 Å². The third kappa shape index (κ3) is 5.13. The van der Waals surface area contributed by atoms with Gasteiger partial charge in [-0.1, -0.05) is 15.9 Å². The molecule has 106 valence electrons. The van der Waals surface area contributed by atoms with E-state index in [1.807, 2.05) is 24.3 Å². The van der Waals surface area contributed by atoms with Crippen molar-refractivity contribution in [2.45, 2.75) is 31.8 Å². The van der Waals surface area contributed by atoms with E-state index in [2.05, 4.69) is 15.9 Å². The molecule has 1 aromatic carbocycles. The van der Waals surface area contributed by atoms with Gasteiger partial charge in [-0.2, -0.15) is 0 Å². The van der Waals surface area contributed by atoms with Gasteiger partial charge in [0.05, 0.1) is 12.7 Å². The summed E-state index contributed by atoms with van der Waals surface area (Å²) in [6, 6.07) is 7.81. The molecule has 0 heterocycles. The molecule has 0 unspecified atom stereocenters. The Kier molecular flexibility index (Phi) is 6.14. The summed E-state index contributed by atoms with van der Waals surface area (Å²) in [5.74, 6) is 1.36. The summed E-state index contributed by atoms with van der Waals surface area (Å²) in [7, 11) is 0. The predicted molar refractivity (Wildman–Crippen MR) is 78.4 cm³/mol. The average Bonchev–Trinajstić information content (AvgIpc) is 2.46. The lowest BCUT2D eigenvalue weighted by Gasteiger charge is -2.27. The molecular weight excluding hydrogens is 308 g/mol. The van der Waals surface area contributed by atoms with Crippen molar-refractivity contribution in [2.75, 3.05) is 19.8 Å². The monoisotopic (exact) mass is 328 g/mol. The Morgan fingerprint density at radius 1 is 1.05 bits per heavy atom. The number of aliphatic hydroxyl groups is 1. The molecule has 1 aliphatic rings. The van der Waals surface area contributed by atoms with E-state index in [1.165, 1.54) is 0 Å². The van der Waals surface area contributed by atoms with E-state index in [0.717, 1.165) is 35.9 Å². The smallest absolute Gasteiger partial charge is 0.119 e. The molecule has 0 radical (unpaired) electrons. The second-order valence-electron chi connectivity index (χ2n) is 5.00. The SMILES string of the molecule is OCC1CCC(OCCOc2ccc(Br)cc2)CC1. The highest BCUT2D eigenvalue weighted by molar-refractivity contribution is 9.10. The van der Waals surface area contributed by atoms with E-state index in [4.69, 9.17) is 14.6 Å². The summed E-state index contributed by atoms with van der Waals surface area (Å²) >= 11 is 3.39. The minimum Gasteiger partial charge on any atom is -0.491 e. The molecule has 0 bridgehead atoms. The van der Waals surface area contributed by atoms with Crippen LogP contribution in [0.1, 0.15) is 25.7 Å². The van der Waals surface area contributed by atoms with Crippen LogP contribution in [0.25, 0.3) is 0 Å². The Hall–Kier alpha value is -0.580. The van der Waals surface area contributed by atoms with Crippen molar-refractivity contribution in [3.8, 4) is 5.75 Å². The van der Waals surface area contributed by atoms with Crippen molar-refractivity contribution >= 4 is 15.9 Å². The van der Waals surface area contributed by atoms with Gasteiger partial charge in [0.25, 0.3) is 0 Å². The molecule has 19 heavy (non-hydrogen) atoms. The van der Waals surface area contributed by atoms with Crippen LogP contribution in [-0.4, -0.2) is 31.0 Å². The van der Waals surface area contributed by atoms with Gasteiger partial charge < -0.3 is 14.6 Å². The van der Waals surface area contributed by atoms with Crippen molar-refractivity contribution in [3.05, 3.63) is 28.7 Å². The van der Waals surface area contributed by atoms with Crippen LogP contribution >= 0.6 is 15.9 Å². The van der Waals surface area contributed by atoms with E-state index in [0.29, 0.717) is 31.8 Å². The molecule has 4 heteroatoms. The first kappa shape index (κ1) is 14.8. The number of ether oxygens (including phenoxy) is 2. The Balaban J connectivity index is 1.58. The highest BCUT2D eigenvalue weighted by Crippen LogP contribution is 2.25. The van der Waals surface area contributed by atoms with Gasteiger partial charge in [-0.25, -0.2) is 0 Å². The molecule has 1 aliphatic carbocycles. The summed E-state index contributed by atoms with van der Waals surface area (Å²) in [6.07, 6.45) is 4.62. The van der Waals surface area contributed by atoms with Gasteiger partial charge in [0.2, 0.25) is 0 Å². The lowest BCUT2D eigenvalue weighted by molar-refractivity contribution is -0.00108. The Morgan fingerprint density at radius 2 is 1.74 bits per heavy atom. The number of hydrogen-bond donors (Lipinski definition) is 1. The highest BCUT2D eigenvalue weighted by Gasteiger charge is 2.20. The van der Waals surface area contributed by atoms with Gasteiger partial charge in [-0.3, -0.25) is 0 Å². The number of rotatable bonds is 6. The zero-order chi connectivity index (χ0) is 13.5. The number of halogens is 1. The first-order valence-electron chi connectivity index (χ1n) is 6.88. The molecule has 2 rings (SSSR count). The molecule has 0 amide bonds. The molecule has 0 saturated heterocycles. The summed E-state index contributed by atoms with van der Waals surface area (Å²) in [5.41, 5.74) is 0. The van der Waals surface area contributed by atoms with Crippen LogP contribution in [-0.2, 0) is 4.74 Å². The van der Waals surface area contributed by atoms with Gasteiger partial charge in [0.15, 0.2) is 0 Å². The first-order chi connectivity index (χ1) is 9.28. The second kappa shape index (κ2) is 7.88. The molecule has 0 atom stereocenters. The fraction of sp³-hybridized carbons (Fsp3) is 0.600. The first-order valence-corrected chi connectivity index (χ1v) is 7.68. The topological polar surface area (TPSA) is 38.7 Å². The van der Waals surface area contributed by atoms with Crippen molar-refractivity contribution in [3.63, 3.8) is 0 Å². The quantitative estimate of drug-likeness (QED) is 0.813. The van der Waals surface area contributed by atoms with E-state index in [1.54, 1.807) is 0 Å². The average molecular weight is 329 g/mol. The largest absolute Gasteiger partial charge is 0.491 e. The summed E-state index contributed by atoms with van der Waals surface area (Å²) in [4.78, 5) is 0.